The summed E-state index contributed by atoms with van der Waals surface area (Å²) in [5.41, 5.74) is 1.11. The molecule has 0 radical (unpaired) electrons. The molecule has 1 aliphatic heterocycles. The van der Waals surface area contributed by atoms with Gasteiger partial charge in [-0.25, -0.2) is 0 Å². The van der Waals surface area contributed by atoms with Gasteiger partial charge >= 0.3 is 0 Å². The smallest absolute Gasteiger partial charge is 0.237 e. The van der Waals surface area contributed by atoms with Crippen molar-refractivity contribution < 1.29 is 14.3 Å². The fourth-order valence-electron chi connectivity index (χ4n) is 2.40. The van der Waals surface area contributed by atoms with Crippen molar-refractivity contribution in [3.8, 4) is 11.5 Å². The third kappa shape index (κ3) is 3.63. The first-order valence-corrected chi connectivity index (χ1v) is 6.96. The van der Waals surface area contributed by atoms with Gasteiger partial charge in [-0.2, -0.15) is 0 Å². The Kier molecular flexibility index (Phi) is 5.24. The van der Waals surface area contributed by atoms with E-state index in [0.29, 0.717) is 12.3 Å². The minimum Gasteiger partial charge on any atom is -0.493 e. The number of benzene rings is 1. The highest BCUT2D eigenvalue weighted by atomic mass is 16.5. The average Bonchev–Trinajstić information content (AvgIpc) is 3.01. The summed E-state index contributed by atoms with van der Waals surface area (Å²) in [5, 5.41) is 6.16. The topological polar surface area (TPSA) is 59.6 Å². The van der Waals surface area contributed by atoms with Crippen LogP contribution in [0.15, 0.2) is 18.2 Å². The molecule has 2 rings (SSSR count). The van der Waals surface area contributed by atoms with Crippen LogP contribution in [0.4, 0.5) is 0 Å². The zero-order valence-corrected chi connectivity index (χ0v) is 12.1. The maximum Gasteiger partial charge on any atom is 0.237 e. The van der Waals surface area contributed by atoms with Crippen molar-refractivity contribution in [3.05, 3.63) is 23.8 Å². The van der Waals surface area contributed by atoms with Crippen molar-refractivity contribution in [2.75, 3.05) is 27.3 Å². The number of hydrogen-bond acceptors (Lipinski definition) is 4. The summed E-state index contributed by atoms with van der Waals surface area (Å²) in [5.74, 6) is 1.53. The molecule has 110 valence electrons. The summed E-state index contributed by atoms with van der Waals surface area (Å²) in [6, 6.07) is 5.80. The number of carbonyl (C=O) groups excluding carboxylic acids is 1. The molecule has 1 amide bonds. The van der Waals surface area contributed by atoms with Gasteiger partial charge in [0, 0.05) is 6.54 Å². The van der Waals surface area contributed by atoms with Crippen molar-refractivity contribution in [2.45, 2.75) is 25.3 Å². The van der Waals surface area contributed by atoms with Crippen molar-refractivity contribution in [1.82, 2.24) is 10.6 Å². The number of rotatable bonds is 6. The Labute approximate surface area is 119 Å². The molecule has 1 aromatic carbocycles. The van der Waals surface area contributed by atoms with Crippen LogP contribution < -0.4 is 20.1 Å². The molecule has 1 aliphatic rings. The fraction of sp³-hybridized carbons (Fsp3) is 0.533. The molecule has 0 aliphatic carbocycles. The molecular weight excluding hydrogens is 256 g/mol. The molecule has 0 bridgehead atoms. The molecule has 1 aromatic rings. The summed E-state index contributed by atoms with van der Waals surface area (Å²) in [4.78, 5) is 11.8. The number of amides is 1. The zero-order chi connectivity index (χ0) is 14.4. The predicted molar refractivity (Wildman–Crippen MR) is 77.3 cm³/mol. The molecular formula is C15H22N2O3. The highest BCUT2D eigenvalue weighted by Gasteiger charge is 2.21. The van der Waals surface area contributed by atoms with E-state index in [2.05, 4.69) is 10.6 Å². The molecule has 1 fully saturated rings. The zero-order valence-electron chi connectivity index (χ0n) is 12.1. The largest absolute Gasteiger partial charge is 0.493 e. The van der Waals surface area contributed by atoms with Crippen molar-refractivity contribution >= 4 is 5.91 Å². The van der Waals surface area contributed by atoms with Crippen LogP contribution in [0.1, 0.15) is 18.4 Å². The molecule has 1 heterocycles. The van der Waals surface area contributed by atoms with Gasteiger partial charge in [0.25, 0.3) is 0 Å². The molecule has 2 N–H and O–H groups in total. The number of methoxy groups -OCH3 is 2. The van der Waals surface area contributed by atoms with Crippen LogP contribution in [0.2, 0.25) is 0 Å². The molecule has 1 atom stereocenters. The predicted octanol–water partition coefficient (Wildman–Crippen LogP) is 1.11. The van der Waals surface area contributed by atoms with E-state index in [1.54, 1.807) is 14.2 Å². The first kappa shape index (κ1) is 14.7. The number of ether oxygens (including phenoxy) is 2. The van der Waals surface area contributed by atoms with E-state index in [4.69, 9.17) is 9.47 Å². The number of carbonyl (C=O) groups is 1. The van der Waals surface area contributed by atoms with E-state index >= 15 is 0 Å². The van der Waals surface area contributed by atoms with Crippen LogP contribution in [0.3, 0.4) is 0 Å². The van der Waals surface area contributed by atoms with Gasteiger partial charge in [-0.15, -0.1) is 0 Å². The molecule has 0 spiro atoms. The monoisotopic (exact) mass is 278 g/mol. The number of hydrogen-bond donors (Lipinski definition) is 2. The lowest BCUT2D eigenvalue weighted by Gasteiger charge is -2.12. The van der Waals surface area contributed by atoms with Crippen LogP contribution in [0.25, 0.3) is 0 Å². The minimum absolute atomic E-state index is 0.0135. The molecule has 5 nitrogen and oxygen atoms in total. The average molecular weight is 278 g/mol. The summed E-state index contributed by atoms with van der Waals surface area (Å²) in [6.45, 7) is 1.57. The Balaban J connectivity index is 1.83. The van der Waals surface area contributed by atoms with Crippen LogP contribution in [-0.4, -0.2) is 39.3 Å². The van der Waals surface area contributed by atoms with Gasteiger partial charge < -0.3 is 20.1 Å². The Morgan fingerprint density at radius 3 is 2.80 bits per heavy atom. The lowest BCUT2D eigenvalue weighted by Crippen LogP contribution is -2.41. The SMILES string of the molecule is COc1ccc(CCNC(=O)[C@H]2CCCN2)cc1OC. The van der Waals surface area contributed by atoms with Crippen molar-refractivity contribution in [3.63, 3.8) is 0 Å². The third-order valence-corrected chi connectivity index (χ3v) is 3.54. The Hall–Kier alpha value is -1.75. The second kappa shape index (κ2) is 7.14. The highest BCUT2D eigenvalue weighted by Crippen LogP contribution is 2.27. The van der Waals surface area contributed by atoms with Crippen LogP contribution in [0.5, 0.6) is 11.5 Å². The van der Waals surface area contributed by atoms with Crippen molar-refractivity contribution in [1.29, 1.82) is 0 Å². The van der Waals surface area contributed by atoms with E-state index in [9.17, 15) is 4.79 Å². The highest BCUT2D eigenvalue weighted by molar-refractivity contribution is 5.81. The first-order valence-electron chi connectivity index (χ1n) is 6.96. The van der Waals surface area contributed by atoms with Gasteiger partial charge in [0.1, 0.15) is 0 Å². The second-order valence-electron chi connectivity index (χ2n) is 4.88. The van der Waals surface area contributed by atoms with Crippen LogP contribution in [0, 0.1) is 0 Å². The normalized spacial score (nSPS) is 17.8. The van der Waals surface area contributed by atoms with E-state index in [1.807, 2.05) is 18.2 Å². The molecule has 0 saturated carbocycles. The Bertz CT molecular complexity index is 456. The van der Waals surface area contributed by atoms with Crippen LogP contribution >= 0.6 is 0 Å². The molecule has 0 aromatic heterocycles. The summed E-state index contributed by atoms with van der Waals surface area (Å²) >= 11 is 0. The lowest BCUT2D eigenvalue weighted by molar-refractivity contribution is -0.122. The lowest BCUT2D eigenvalue weighted by atomic mass is 10.1. The van der Waals surface area contributed by atoms with Crippen molar-refractivity contribution in [2.24, 2.45) is 0 Å². The quantitative estimate of drug-likeness (QED) is 0.818. The van der Waals surface area contributed by atoms with Gasteiger partial charge in [0.05, 0.1) is 20.3 Å². The van der Waals surface area contributed by atoms with Gasteiger partial charge in [0.15, 0.2) is 11.5 Å². The van der Waals surface area contributed by atoms with Gasteiger partial charge in [-0.05, 0) is 43.5 Å². The number of nitrogens with one attached hydrogen (secondary N) is 2. The summed E-state index contributed by atoms with van der Waals surface area (Å²) in [6.07, 6.45) is 2.79. The molecule has 1 saturated heterocycles. The molecule has 20 heavy (non-hydrogen) atoms. The molecule has 5 heteroatoms. The van der Waals surface area contributed by atoms with Gasteiger partial charge in [-0.3, -0.25) is 4.79 Å². The maximum atomic E-state index is 11.8. The summed E-state index contributed by atoms with van der Waals surface area (Å²) < 4.78 is 10.5. The minimum atomic E-state index is -0.0135. The Morgan fingerprint density at radius 2 is 2.15 bits per heavy atom. The standard InChI is InChI=1S/C15H22N2O3/c1-19-13-6-5-11(10-14(13)20-2)7-9-17-15(18)12-4-3-8-16-12/h5-6,10,12,16H,3-4,7-9H2,1-2H3,(H,17,18)/t12-/m1/s1. The first-order chi connectivity index (χ1) is 9.74. The second-order valence-corrected chi connectivity index (χ2v) is 4.88. The Morgan fingerprint density at radius 1 is 1.35 bits per heavy atom. The van der Waals surface area contributed by atoms with Gasteiger partial charge in [0.2, 0.25) is 5.91 Å². The third-order valence-electron chi connectivity index (χ3n) is 3.54. The fourth-order valence-corrected chi connectivity index (χ4v) is 2.40. The van der Waals surface area contributed by atoms with Gasteiger partial charge in [-0.1, -0.05) is 6.07 Å². The van der Waals surface area contributed by atoms with E-state index in [-0.39, 0.29) is 11.9 Å². The maximum absolute atomic E-state index is 11.8. The van der Waals surface area contributed by atoms with Crippen LogP contribution in [-0.2, 0) is 11.2 Å². The summed E-state index contributed by atoms with van der Waals surface area (Å²) in [7, 11) is 3.24. The van der Waals surface area contributed by atoms with E-state index in [0.717, 1.165) is 37.1 Å². The molecule has 0 unspecified atom stereocenters. The van der Waals surface area contributed by atoms with E-state index < -0.39 is 0 Å². The van der Waals surface area contributed by atoms with E-state index in [1.165, 1.54) is 0 Å².